The van der Waals surface area contributed by atoms with Gasteiger partial charge in [0.15, 0.2) is 0 Å². The number of nitrogens with zero attached hydrogens (tertiary/aromatic N) is 1. The maximum absolute atomic E-state index is 10.9. The summed E-state index contributed by atoms with van der Waals surface area (Å²) in [4.78, 5) is 10.9. The first kappa shape index (κ1) is 15.9. The summed E-state index contributed by atoms with van der Waals surface area (Å²) >= 11 is 0. The van der Waals surface area contributed by atoms with Gasteiger partial charge in [-0.05, 0) is 35.6 Å². The third kappa shape index (κ3) is 4.83. The molecular weight excluding hydrogens is 274 g/mol. The lowest BCUT2D eigenvalue weighted by Crippen LogP contribution is -2.05. The van der Waals surface area contributed by atoms with E-state index in [1.54, 1.807) is 12.1 Å². The molecule has 0 N–H and O–H groups in total. The average Bonchev–Trinajstić information content (AvgIpc) is 2.59. The summed E-state index contributed by atoms with van der Waals surface area (Å²) in [7, 11) is 0. The molecule has 0 radical (unpaired) electrons. The first-order valence-electron chi connectivity index (χ1n) is 7.39. The monoisotopic (exact) mass is 293 g/mol. The van der Waals surface area contributed by atoms with E-state index < -0.39 is 0 Å². The minimum absolute atomic E-state index is 0.140. The van der Waals surface area contributed by atoms with Crippen LogP contribution in [0.1, 0.15) is 35.4 Å². The van der Waals surface area contributed by atoms with Crippen molar-refractivity contribution in [2.45, 2.75) is 25.4 Å². The highest BCUT2D eigenvalue weighted by molar-refractivity contribution is 5.51. The molecule has 0 saturated heterocycles. The molecule has 0 heterocycles. The number of rotatable bonds is 8. The summed E-state index contributed by atoms with van der Waals surface area (Å²) in [5.41, 5.74) is 2.86. The predicted octanol–water partition coefficient (Wildman–Crippen LogP) is 3.84. The molecule has 0 fully saturated rings. The van der Waals surface area contributed by atoms with Crippen LogP contribution < -0.4 is 0 Å². The molecule has 3 heteroatoms. The lowest BCUT2D eigenvalue weighted by Gasteiger charge is -2.15. The molecule has 22 heavy (non-hydrogen) atoms. The van der Waals surface area contributed by atoms with Crippen molar-refractivity contribution in [3.8, 4) is 6.07 Å². The topological polar surface area (TPSA) is 50.1 Å². The number of hydrogen-bond donors (Lipinski definition) is 0. The maximum Gasteiger partial charge on any atom is 0.120 e. The Bertz CT molecular complexity index is 614. The SMILES string of the molecule is N#Cc1ccc(C(CC=O)CCOCc2ccccc2)cc1. The number of hydrogen-bond acceptors (Lipinski definition) is 3. The summed E-state index contributed by atoms with van der Waals surface area (Å²) < 4.78 is 5.69. The number of nitriles is 1. The number of aldehydes is 1. The standard InChI is InChI=1S/C19H19NO2/c20-14-16-6-8-18(9-7-16)19(10-12-21)11-13-22-15-17-4-2-1-3-5-17/h1-9,12,19H,10-11,13,15H2. The van der Waals surface area contributed by atoms with E-state index in [-0.39, 0.29) is 5.92 Å². The molecule has 2 aromatic rings. The zero-order valence-corrected chi connectivity index (χ0v) is 12.4. The molecule has 0 bridgehead atoms. The average molecular weight is 293 g/mol. The van der Waals surface area contributed by atoms with Gasteiger partial charge in [0.05, 0.1) is 18.2 Å². The van der Waals surface area contributed by atoms with Crippen LogP contribution in [0.2, 0.25) is 0 Å². The molecule has 0 spiro atoms. The van der Waals surface area contributed by atoms with Crippen molar-refractivity contribution in [3.63, 3.8) is 0 Å². The molecule has 1 atom stereocenters. The fourth-order valence-electron chi connectivity index (χ4n) is 2.36. The smallest absolute Gasteiger partial charge is 0.120 e. The van der Waals surface area contributed by atoms with Crippen LogP contribution in [0.4, 0.5) is 0 Å². The van der Waals surface area contributed by atoms with Gasteiger partial charge in [0, 0.05) is 13.0 Å². The Balaban J connectivity index is 1.86. The third-order valence-electron chi connectivity index (χ3n) is 3.61. The van der Waals surface area contributed by atoms with Gasteiger partial charge in [-0.1, -0.05) is 42.5 Å². The van der Waals surface area contributed by atoms with E-state index in [0.717, 1.165) is 23.8 Å². The molecule has 2 aromatic carbocycles. The molecule has 0 aromatic heterocycles. The second-order valence-corrected chi connectivity index (χ2v) is 5.16. The highest BCUT2D eigenvalue weighted by Gasteiger charge is 2.11. The van der Waals surface area contributed by atoms with Crippen molar-refractivity contribution >= 4 is 6.29 Å². The summed E-state index contributed by atoms with van der Waals surface area (Å²) in [5, 5.41) is 8.83. The van der Waals surface area contributed by atoms with Crippen LogP contribution in [0.25, 0.3) is 0 Å². The lowest BCUT2D eigenvalue weighted by atomic mass is 9.93. The zero-order valence-electron chi connectivity index (χ0n) is 12.4. The molecule has 0 aliphatic carbocycles. The predicted molar refractivity (Wildman–Crippen MR) is 85.3 cm³/mol. The summed E-state index contributed by atoms with van der Waals surface area (Å²) in [6.45, 7) is 1.19. The number of benzene rings is 2. The molecule has 0 saturated carbocycles. The van der Waals surface area contributed by atoms with Gasteiger partial charge in [0.25, 0.3) is 0 Å². The third-order valence-corrected chi connectivity index (χ3v) is 3.61. The normalized spacial score (nSPS) is 11.6. The molecule has 0 aliphatic heterocycles. The van der Waals surface area contributed by atoms with Gasteiger partial charge in [0.1, 0.15) is 6.29 Å². The number of carbonyl (C=O) groups excluding carboxylic acids is 1. The first-order chi connectivity index (χ1) is 10.8. The van der Waals surface area contributed by atoms with Gasteiger partial charge in [-0.3, -0.25) is 0 Å². The summed E-state index contributed by atoms with van der Waals surface area (Å²) in [6.07, 6.45) is 2.21. The van der Waals surface area contributed by atoms with E-state index in [0.29, 0.717) is 25.2 Å². The molecule has 3 nitrogen and oxygen atoms in total. The molecule has 1 unspecified atom stereocenters. The van der Waals surface area contributed by atoms with E-state index in [4.69, 9.17) is 10.00 Å². The summed E-state index contributed by atoms with van der Waals surface area (Å²) in [5.74, 6) is 0.140. The van der Waals surface area contributed by atoms with Crippen LogP contribution in [0.3, 0.4) is 0 Å². The highest BCUT2D eigenvalue weighted by Crippen LogP contribution is 2.23. The van der Waals surface area contributed by atoms with Gasteiger partial charge in [-0.2, -0.15) is 5.26 Å². The Morgan fingerprint density at radius 1 is 1.09 bits per heavy atom. The van der Waals surface area contributed by atoms with Gasteiger partial charge in [-0.25, -0.2) is 0 Å². The van der Waals surface area contributed by atoms with Crippen LogP contribution in [0, 0.1) is 11.3 Å². The van der Waals surface area contributed by atoms with Crippen molar-refractivity contribution in [3.05, 3.63) is 71.3 Å². The van der Waals surface area contributed by atoms with E-state index in [1.807, 2.05) is 42.5 Å². The van der Waals surface area contributed by atoms with Crippen molar-refractivity contribution in [1.29, 1.82) is 5.26 Å². The lowest BCUT2D eigenvalue weighted by molar-refractivity contribution is -0.108. The number of carbonyl (C=O) groups is 1. The second kappa shape index (κ2) is 8.76. The van der Waals surface area contributed by atoms with Gasteiger partial charge >= 0.3 is 0 Å². The van der Waals surface area contributed by atoms with E-state index >= 15 is 0 Å². The Morgan fingerprint density at radius 3 is 2.45 bits per heavy atom. The first-order valence-corrected chi connectivity index (χ1v) is 7.39. The Hall–Kier alpha value is -2.44. The number of ether oxygens (including phenoxy) is 1. The molecule has 112 valence electrons. The zero-order chi connectivity index (χ0) is 15.6. The largest absolute Gasteiger partial charge is 0.377 e. The van der Waals surface area contributed by atoms with E-state index in [1.165, 1.54) is 0 Å². The van der Waals surface area contributed by atoms with Crippen LogP contribution in [-0.2, 0) is 16.1 Å². The fraction of sp³-hybridized carbons (Fsp3) is 0.263. The van der Waals surface area contributed by atoms with Crippen LogP contribution in [0.5, 0.6) is 0 Å². The Kier molecular flexibility index (Phi) is 6.35. The Morgan fingerprint density at radius 2 is 1.82 bits per heavy atom. The minimum atomic E-state index is 0.140. The summed E-state index contributed by atoms with van der Waals surface area (Å²) in [6, 6.07) is 19.5. The van der Waals surface area contributed by atoms with Crippen molar-refractivity contribution in [2.75, 3.05) is 6.61 Å². The van der Waals surface area contributed by atoms with Crippen molar-refractivity contribution in [2.24, 2.45) is 0 Å². The second-order valence-electron chi connectivity index (χ2n) is 5.16. The van der Waals surface area contributed by atoms with Crippen molar-refractivity contribution in [1.82, 2.24) is 0 Å². The van der Waals surface area contributed by atoms with E-state index in [9.17, 15) is 4.79 Å². The molecular formula is C19H19NO2. The highest BCUT2D eigenvalue weighted by atomic mass is 16.5. The van der Waals surface area contributed by atoms with E-state index in [2.05, 4.69) is 6.07 Å². The van der Waals surface area contributed by atoms with Gasteiger partial charge in [-0.15, -0.1) is 0 Å². The molecule has 0 amide bonds. The van der Waals surface area contributed by atoms with Crippen LogP contribution >= 0.6 is 0 Å². The van der Waals surface area contributed by atoms with Crippen molar-refractivity contribution < 1.29 is 9.53 Å². The quantitative estimate of drug-likeness (QED) is 0.549. The van der Waals surface area contributed by atoms with Gasteiger partial charge < -0.3 is 9.53 Å². The maximum atomic E-state index is 10.9. The fourth-order valence-corrected chi connectivity index (χ4v) is 2.36. The molecule has 2 rings (SSSR count). The van der Waals surface area contributed by atoms with Gasteiger partial charge in [0.2, 0.25) is 0 Å². The Labute approximate surface area is 131 Å². The van der Waals surface area contributed by atoms with Crippen LogP contribution in [0.15, 0.2) is 54.6 Å². The minimum Gasteiger partial charge on any atom is -0.377 e. The van der Waals surface area contributed by atoms with Crippen LogP contribution in [-0.4, -0.2) is 12.9 Å². The molecule has 0 aliphatic rings.